The number of carbonyl (C=O) groups excluding carboxylic acids is 1. The van der Waals surface area contributed by atoms with Gasteiger partial charge >= 0.3 is 0 Å². The average Bonchev–Trinajstić information content (AvgIpc) is 3.23. The van der Waals surface area contributed by atoms with Gasteiger partial charge in [-0.05, 0) is 12.5 Å². The van der Waals surface area contributed by atoms with Gasteiger partial charge in [0.1, 0.15) is 0 Å². The van der Waals surface area contributed by atoms with Crippen LogP contribution in [0.4, 0.5) is 0 Å². The summed E-state index contributed by atoms with van der Waals surface area (Å²) in [6.45, 7) is 2.86. The molecule has 6 nitrogen and oxygen atoms in total. The first kappa shape index (κ1) is 16.6. The molecule has 1 aromatic carbocycles. The highest BCUT2D eigenvalue weighted by molar-refractivity contribution is 7.99. The molecule has 0 saturated carbocycles. The minimum Gasteiger partial charge on any atom is -0.411 e. The predicted molar refractivity (Wildman–Crippen MR) is 94.8 cm³/mol. The molecule has 0 radical (unpaired) electrons. The zero-order chi connectivity index (χ0) is 16.8. The van der Waals surface area contributed by atoms with Gasteiger partial charge in [0.25, 0.3) is 11.1 Å². The van der Waals surface area contributed by atoms with Crippen molar-refractivity contribution in [3.8, 4) is 11.5 Å². The maximum atomic E-state index is 11.8. The van der Waals surface area contributed by atoms with E-state index in [-0.39, 0.29) is 11.7 Å². The number of thioether (sulfide) groups is 1. The molecule has 2 heterocycles. The van der Waals surface area contributed by atoms with Crippen LogP contribution in [0.25, 0.3) is 22.4 Å². The smallest absolute Gasteiger partial charge is 0.277 e. The van der Waals surface area contributed by atoms with Crippen LogP contribution < -0.4 is 5.32 Å². The molecule has 0 saturated heterocycles. The predicted octanol–water partition coefficient (Wildman–Crippen LogP) is 3.62. The highest BCUT2D eigenvalue weighted by atomic mass is 32.2. The molecule has 0 aliphatic carbocycles. The van der Waals surface area contributed by atoms with E-state index >= 15 is 0 Å². The highest BCUT2D eigenvalue weighted by Crippen LogP contribution is 2.29. The van der Waals surface area contributed by atoms with Crippen LogP contribution in [0.1, 0.15) is 26.2 Å². The molecular formula is C17H20N4O2S. The van der Waals surface area contributed by atoms with Crippen LogP contribution in [0.15, 0.2) is 40.1 Å². The van der Waals surface area contributed by atoms with Crippen molar-refractivity contribution in [2.75, 3.05) is 12.3 Å². The molecule has 0 unspecified atom stereocenters. The molecule has 0 fully saturated rings. The lowest BCUT2D eigenvalue weighted by atomic mass is 10.2. The number of hydrogen-bond donors (Lipinski definition) is 2. The van der Waals surface area contributed by atoms with E-state index < -0.39 is 0 Å². The van der Waals surface area contributed by atoms with Crippen LogP contribution in [-0.2, 0) is 4.79 Å². The molecular weight excluding hydrogens is 324 g/mol. The summed E-state index contributed by atoms with van der Waals surface area (Å²) >= 11 is 1.25. The molecule has 2 aromatic heterocycles. The lowest BCUT2D eigenvalue weighted by Gasteiger charge is -2.02. The van der Waals surface area contributed by atoms with E-state index in [0.717, 1.165) is 42.3 Å². The standard InChI is InChI=1S/C17H20N4O2S/c1-2-3-6-9-18-15(22)11-24-17-21-20-16(23-17)13-10-19-14-8-5-4-7-12(13)14/h4-5,7-8,10,19H,2-3,6,9,11H2,1H3,(H,18,22). The fourth-order valence-corrected chi connectivity index (χ4v) is 3.00. The Morgan fingerprint density at radius 1 is 1.29 bits per heavy atom. The lowest BCUT2D eigenvalue weighted by molar-refractivity contribution is -0.118. The molecule has 126 valence electrons. The van der Waals surface area contributed by atoms with Crippen molar-refractivity contribution in [3.63, 3.8) is 0 Å². The van der Waals surface area contributed by atoms with Crippen LogP contribution in [-0.4, -0.2) is 33.4 Å². The Morgan fingerprint density at radius 2 is 2.17 bits per heavy atom. The number of nitrogens with zero attached hydrogens (tertiary/aromatic N) is 2. The summed E-state index contributed by atoms with van der Waals surface area (Å²) in [5.74, 6) is 0.725. The van der Waals surface area contributed by atoms with Gasteiger partial charge in [0.2, 0.25) is 5.91 Å². The van der Waals surface area contributed by atoms with E-state index in [2.05, 4.69) is 27.4 Å². The van der Waals surface area contributed by atoms with Gasteiger partial charge in [-0.25, -0.2) is 0 Å². The minimum atomic E-state index is -0.0112. The molecule has 0 bridgehead atoms. The van der Waals surface area contributed by atoms with Crippen LogP contribution in [0.2, 0.25) is 0 Å². The van der Waals surface area contributed by atoms with Crippen molar-refractivity contribution in [1.29, 1.82) is 0 Å². The van der Waals surface area contributed by atoms with E-state index in [0.29, 0.717) is 11.1 Å². The van der Waals surface area contributed by atoms with Crippen molar-refractivity contribution in [2.45, 2.75) is 31.4 Å². The normalized spacial score (nSPS) is 11.0. The first-order valence-electron chi connectivity index (χ1n) is 8.07. The number of aromatic nitrogens is 3. The summed E-state index contributed by atoms with van der Waals surface area (Å²) in [6.07, 6.45) is 5.14. The van der Waals surface area contributed by atoms with Gasteiger partial charge in [0.15, 0.2) is 0 Å². The lowest BCUT2D eigenvalue weighted by Crippen LogP contribution is -2.26. The maximum Gasteiger partial charge on any atom is 0.277 e. The molecule has 0 spiro atoms. The highest BCUT2D eigenvalue weighted by Gasteiger charge is 2.14. The number of rotatable bonds is 8. The van der Waals surface area contributed by atoms with Gasteiger partial charge in [-0.2, -0.15) is 0 Å². The number of fused-ring (bicyclic) bond motifs is 1. The number of H-pyrrole nitrogens is 1. The van der Waals surface area contributed by atoms with Gasteiger partial charge in [-0.3, -0.25) is 4.79 Å². The Hall–Kier alpha value is -2.28. The summed E-state index contributed by atoms with van der Waals surface area (Å²) in [7, 11) is 0. The van der Waals surface area contributed by atoms with Crippen LogP contribution in [0, 0.1) is 0 Å². The van der Waals surface area contributed by atoms with Gasteiger partial charge in [-0.15, -0.1) is 10.2 Å². The summed E-state index contributed by atoms with van der Waals surface area (Å²) in [6, 6.07) is 7.93. The Bertz CT molecular complexity index is 812. The molecule has 3 aromatic rings. The van der Waals surface area contributed by atoms with Gasteiger partial charge < -0.3 is 14.7 Å². The molecule has 0 aliphatic rings. The second kappa shape index (κ2) is 8.01. The van der Waals surface area contributed by atoms with E-state index in [1.165, 1.54) is 11.8 Å². The monoisotopic (exact) mass is 344 g/mol. The first-order valence-corrected chi connectivity index (χ1v) is 9.06. The number of carbonyl (C=O) groups is 1. The van der Waals surface area contributed by atoms with Crippen LogP contribution >= 0.6 is 11.8 Å². The molecule has 1 amide bonds. The van der Waals surface area contributed by atoms with Crippen LogP contribution in [0.5, 0.6) is 0 Å². The van der Waals surface area contributed by atoms with Gasteiger partial charge in [0.05, 0.1) is 11.3 Å². The van der Waals surface area contributed by atoms with E-state index in [1.54, 1.807) is 0 Å². The largest absolute Gasteiger partial charge is 0.411 e. The van der Waals surface area contributed by atoms with Gasteiger partial charge in [-0.1, -0.05) is 49.7 Å². The second-order valence-corrected chi connectivity index (χ2v) is 6.39. The third-order valence-corrected chi connectivity index (χ3v) is 4.47. The SMILES string of the molecule is CCCCCNC(=O)CSc1nnc(-c2c[nH]c3ccccc23)o1. The first-order chi connectivity index (χ1) is 11.8. The molecule has 3 rings (SSSR count). The second-order valence-electron chi connectivity index (χ2n) is 5.47. The van der Waals surface area contributed by atoms with Crippen molar-refractivity contribution < 1.29 is 9.21 Å². The van der Waals surface area contributed by atoms with Crippen molar-refractivity contribution in [3.05, 3.63) is 30.5 Å². The topological polar surface area (TPSA) is 83.8 Å². The Morgan fingerprint density at radius 3 is 3.04 bits per heavy atom. The third-order valence-electron chi connectivity index (χ3n) is 3.66. The third kappa shape index (κ3) is 3.97. The summed E-state index contributed by atoms with van der Waals surface area (Å²) in [5, 5.41) is 12.4. The van der Waals surface area contributed by atoms with E-state index in [1.807, 2.05) is 30.5 Å². The molecule has 0 aliphatic heterocycles. The maximum absolute atomic E-state index is 11.8. The number of unbranched alkanes of at least 4 members (excludes halogenated alkanes) is 2. The quantitative estimate of drug-likeness (QED) is 0.482. The fraction of sp³-hybridized carbons (Fsp3) is 0.353. The zero-order valence-electron chi connectivity index (χ0n) is 13.5. The number of benzene rings is 1. The minimum absolute atomic E-state index is 0.0112. The summed E-state index contributed by atoms with van der Waals surface area (Å²) in [5.41, 5.74) is 1.89. The fourth-order valence-electron chi connectivity index (χ4n) is 2.41. The van der Waals surface area contributed by atoms with Crippen LogP contribution in [0.3, 0.4) is 0 Å². The number of hydrogen-bond acceptors (Lipinski definition) is 5. The summed E-state index contributed by atoms with van der Waals surface area (Å²) in [4.78, 5) is 14.9. The molecule has 2 N–H and O–H groups in total. The number of aromatic amines is 1. The molecule has 24 heavy (non-hydrogen) atoms. The average molecular weight is 344 g/mol. The number of amides is 1. The number of nitrogens with one attached hydrogen (secondary N) is 2. The summed E-state index contributed by atoms with van der Waals surface area (Å²) < 4.78 is 5.67. The zero-order valence-corrected chi connectivity index (χ0v) is 14.4. The van der Waals surface area contributed by atoms with Crippen molar-refractivity contribution in [2.24, 2.45) is 0 Å². The molecule has 7 heteroatoms. The molecule has 0 atom stereocenters. The van der Waals surface area contributed by atoms with Gasteiger partial charge in [0, 0.05) is 23.6 Å². The van der Waals surface area contributed by atoms with E-state index in [9.17, 15) is 4.79 Å². The van der Waals surface area contributed by atoms with Crippen molar-refractivity contribution in [1.82, 2.24) is 20.5 Å². The number of para-hydroxylation sites is 1. The Kier molecular flexibility index (Phi) is 5.53. The Labute approximate surface area is 144 Å². The Balaban J connectivity index is 1.57. The van der Waals surface area contributed by atoms with Crippen molar-refractivity contribution >= 4 is 28.6 Å². The van der Waals surface area contributed by atoms with E-state index in [4.69, 9.17) is 4.42 Å².